The van der Waals surface area contributed by atoms with Crippen molar-refractivity contribution in [3.05, 3.63) is 22.4 Å². The average molecular weight is 229 g/mol. The van der Waals surface area contributed by atoms with E-state index in [9.17, 15) is 0 Å². The second kappa shape index (κ2) is 3.51. The first-order valence-electron chi connectivity index (χ1n) is 5.09. The summed E-state index contributed by atoms with van der Waals surface area (Å²) in [6.45, 7) is 1.89. The molecule has 1 aromatic heterocycles. The van der Waals surface area contributed by atoms with Gasteiger partial charge in [0, 0.05) is 5.38 Å². The third-order valence-electron chi connectivity index (χ3n) is 3.45. The van der Waals surface area contributed by atoms with Crippen LogP contribution in [0.15, 0.2) is 16.8 Å². The Balaban J connectivity index is 1.59. The van der Waals surface area contributed by atoms with Gasteiger partial charge in [-0.1, -0.05) is 0 Å². The number of halogens is 1. The highest BCUT2D eigenvalue weighted by Crippen LogP contribution is 2.54. The molecule has 1 saturated carbocycles. The zero-order valence-electron chi connectivity index (χ0n) is 7.86. The van der Waals surface area contributed by atoms with Gasteiger partial charge in [-0.3, -0.25) is 0 Å². The summed E-state index contributed by atoms with van der Waals surface area (Å²) in [5.41, 5.74) is 1.39. The summed E-state index contributed by atoms with van der Waals surface area (Å²) in [4.78, 5) is 0. The fourth-order valence-electron chi connectivity index (χ4n) is 2.59. The van der Waals surface area contributed by atoms with Gasteiger partial charge in [0.2, 0.25) is 0 Å². The molecule has 1 saturated heterocycles. The molecule has 76 valence electrons. The normalized spacial score (nSPS) is 36.8. The quantitative estimate of drug-likeness (QED) is 0.723. The molecule has 1 aliphatic heterocycles. The Bertz CT molecular complexity index is 301. The minimum absolute atomic E-state index is 0.323. The Kier molecular flexibility index (Phi) is 2.31. The average Bonchev–Trinajstić information content (AvgIpc) is 2.63. The fraction of sp³-hybridized carbons (Fsp3) is 0.636. The van der Waals surface area contributed by atoms with Crippen molar-refractivity contribution in [1.82, 2.24) is 0 Å². The van der Waals surface area contributed by atoms with E-state index in [4.69, 9.17) is 16.3 Å². The lowest BCUT2D eigenvalue weighted by atomic mass is 10.1. The summed E-state index contributed by atoms with van der Waals surface area (Å²) in [6, 6.07) is 2.18. The first-order chi connectivity index (χ1) is 6.86. The number of thiophene rings is 1. The second-order valence-corrected chi connectivity index (χ2v) is 5.63. The van der Waals surface area contributed by atoms with Gasteiger partial charge >= 0.3 is 0 Å². The summed E-state index contributed by atoms with van der Waals surface area (Å²) in [5.74, 6) is 2.28. The van der Waals surface area contributed by atoms with Crippen LogP contribution in [0.1, 0.15) is 5.56 Å². The summed E-state index contributed by atoms with van der Waals surface area (Å²) < 4.78 is 5.37. The van der Waals surface area contributed by atoms with Gasteiger partial charge in [0.1, 0.15) is 0 Å². The van der Waals surface area contributed by atoms with E-state index in [1.54, 1.807) is 11.3 Å². The van der Waals surface area contributed by atoms with Crippen LogP contribution < -0.4 is 0 Å². The van der Waals surface area contributed by atoms with Gasteiger partial charge in [0.25, 0.3) is 0 Å². The number of rotatable bonds is 3. The predicted octanol–water partition coefficient (Wildman–Crippen LogP) is 2.79. The molecule has 2 heterocycles. The molecule has 0 spiro atoms. The van der Waals surface area contributed by atoms with Crippen LogP contribution in [0.25, 0.3) is 0 Å². The van der Waals surface area contributed by atoms with Crippen molar-refractivity contribution in [3.8, 4) is 0 Å². The highest BCUT2D eigenvalue weighted by molar-refractivity contribution is 7.07. The Morgan fingerprint density at radius 2 is 2.29 bits per heavy atom. The van der Waals surface area contributed by atoms with E-state index in [2.05, 4.69) is 16.8 Å². The van der Waals surface area contributed by atoms with Crippen LogP contribution in [0, 0.1) is 17.8 Å². The van der Waals surface area contributed by atoms with Crippen LogP contribution in [0.5, 0.6) is 0 Å². The molecule has 0 N–H and O–H groups in total. The van der Waals surface area contributed by atoms with Gasteiger partial charge in [0.15, 0.2) is 0 Å². The third-order valence-corrected chi connectivity index (χ3v) is 4.62. The number of ether oxygens (including phenoxy) is 1. The van der Waals surface area contributed by atoms with Gasteiger partial charge in [0.05, 0.1) is 13.2 Å². The zero-order chi connectivity index (χ0) is 9.54. The maximum atomic E-state index is 6.42. The van der Waals surface area contributed by atoms with Gasteiger partial charge in [-0.2, -0.15) is 11.3 Å². The topological polar surface area (TPSA) is 9.23 Å². The molecule has 3 rings (SSSR count). The smallest absolute Gasteiger partial charge is 0.0501 e. The molecular formula is C11H13ClOS. The van der Waals surface area contributed by atoms with Gasteiger partial charge in [-0.15, -0.1) is 11.6 Å². The lowest BCUT2D eigenvalue weighted by molar-refractivity contribution is 0.150. The first-order valence-corrected chi connectivity index (χ1v) is 6.47. The van der Waals surface area contributed by atoms with E-state index in [1.165, 1.54) is 5.56 Å². The molecule has 0 bridgehead atoms. The summed E-state index contributed by atoms with van der Waals surface area (Å²) in [6.07, 6.45) is 1.03. The van der Waals surface area contributed by atoms with Crippen LogP contribution in [0.3, 0.4) is 0 Å². The monoisotopic (exact) mass is 228 g/mol. The van der Waals surface area contributed by atoms with E-state index in [0.29, 0.717) is 5.38 Å². The molecule has 1 nitrogen and oxygen atoms in total. The van der Waals surface area contributed by atoms with Crippen molar-refractivity contribution >= 4 is 22.9 Å². The van der Waals surface area contributed by atoms with Crippen molar-refractivity contribution in [2.75, 3.05) is 13.2 Å². The van der Waals surface area contributed by atoms with Crippen molar-refractivity contribution in [2.24, 2.45) is 17.8 Å². The number of fused-ring (bicyclic) bond motifs is 1. The van der Waals surface area contributed by atoms with E-state index in [1.807, 2.05) is 0 Å². The molecule has 1 aromatic rings. The van der Waals surface area contributed by atoms with Crippen LogP contribution in [-0.2, 0) is 11.2 Å². The summed E-state index contributed by atoms with van der Waals surface area (Å²) in [7, 11) is 0. The molecule has 0 aromatic carbocycles. The Morgan fingerprint density at radius 1 is 1.50 bits per heavy atom. The minimum Gasteiger partial charge on any atom is -0.381 e. The number of hydrogen-bond acceptors (Lipinski definition) is 2. The molecule has 2 aliphatic rings. The Hall–Kier alpha value is -0.0500. The van der Waals surface area contributed by atoms with E-state index >= 15 is 0 Å². The molecule has 2 fully saturated rings. The van der Waals surface area contributed by atoms with E-state index in [0.717, 1.165) is 37.4 Å². The second-order valence-electron chi connectivity index (χ2n) is 4.29. The van der Waals surface area contributed by atoms with Gasteiger partial charge in [-0.25, -0.2) is 0 Å². The Labute approximate surface area is 93.0 Å². The van der Waals surface area contributed by atoms with Crippen molar-refractivity contribution in [3.63, 3.8) is 0 Å². The molecule has 3 heteroatoms. The summed E-state index contributed by atoms with van der Waals surface area (Å²) in [5, 5.41) is 4.64. The van der Waals surface area contributed by atoms with Gasteiger partial charge in [-0.05, 0) is 46.6 Å². The molecule has 0 radical (unpaired) electrons. The molecule has 1 aliphatic carbocycles. The zero-order valence-corrected chi connectivity index (χ0v) is 9.43. The molecule has 14 heavy (non-hydrogen) atoms. The largest absolute Gasteiger partial charge is 0.381 e. The van der Waals surface area contributed by atoms with Crippen LogP contribution in [-0.4, -0.2) is 18.6 Å². The van der Waals surface area contributed by atoms with E-state index < -0.39 is 0 Å². The first kappa shape index (κ1) is 9.20. The van der Waals surface area contributed by atoms with Crippen LogP contribution in [0.2, 0.25) is 0 Å². The van der Waals surface area contributed by atoms with Crippen molar-refractivity contribution < 1.29 is 4.74 Å². The SMILES string of the molecule is ClC(Cc1ccsc1)C1C2COCC21. The van der Waals surface area contributed by atoms with E-state index in [-0.39, 0.29) is 0 Å². The van der Waals surface area contributed by atoms with Crippen LogP contribution in [0.4, 0.5) is 0 Å². The highest BCUT2D eigenvalue weighted by atomic mass is 35.5. The fourth-order valence-corrected chi connectivity index (χ4v) is 3.82. The van der Waals surface area contributed by atoms with Crippen molar-refractivity contribution in [2.45, 2.75) is 11.8 Å². The summed E-state index contributed by atoms with van der Waals surface area (Å²) >= 11 is 8.17. The molecule has 3 unspecified atom stereocenters. The Morgan fingerprint density at radius 3 is 2.93 bits per heavy atom. The van der Waals surface area contributed by atoms with Gasteiger partial charge < -0.3 is 4.74 Å². The lowest BCUT2D eigenvalue weighted by Crippen LogP contribution is -2.12. The standard InChI is InChI=1S/C11H13ClOS/c12-10(3-7-1-2-14-6-7)11-8-4-13-5-9(8)11/h1-2,6,8-11H,3-5H2. The highest BCUT2D eigenvalue weighted by Gasteiger charge is 2.56. The van der Waals surface area contributed by atoms with Crippen molar-refractivity contribution in [1.29, 1.82) is 0 Å². The lowest BCUT2D eigenvalue weighted by Gasteiger charge is -2.10. The maximum Gasteiger partial charge on any atom is 0.0501 e. The molecular weight excluding hydrogens is 216 g/mol. The predicted molar refractivity (Wildman–Crippen MR) is 59.0 cm³/mol. The maximum absolute atomic E-state index is 6.42. The third kappa shape index (κ3) is 1.50. The minimum atomic E-state index is 0.323. The number of hydrogen-bond donors (Lipinski definition) is 0. The molecule has 0 amide bonds. The number of alkyl halides is 1. The molecule has 3 atom stereocenters. The van der Waals surface area contributed by atoms with Crippen LogP contribution >= 0.6 is 22.9 Å².